The van der Waals surface area contributed by atoms with E-state index in [0.29, 0.717) is 17.9 Å². The highest BCUT2D eigenvalue weighted by molar-refractivity contribution is 7.84. The summed E-state index contributed by atoms with van der Waals surface area (Å²) in [6.45, 7) is 8.92. The van der Waals surface area contributed by atoms with Crippen LogP contribution in [-0.2, 0) is 15.5 Å². The number of aliphatic imine (C=N–C) groups is 2. The summed E-state index contributed by atoms with van der Waals surface area (Å²) >= 11 is 0. The second kappa shape index (κ2) is 11.1. The average Bonchev–Trinajstić information content (AvgIpc) is 3.48. The molecule has 3 atom stereocenters. The van der Waals surface area contributed by atoms with E-state index in [1.165, 1.54) is 33.3 Å². The number of aromatic nitrogens is 1. The highest BCUT2D eigenvalue weighted by Gasteiger charge is 2.27. The number of aromatic amines is 1. The number of nitrogens with zero attached hydrogens (tertiary/aromatic N) is 3. The Labute approximate surface area is 223 Å². The number of hydrogen-bond acceptors (Lipinski definition) is 5. The van der Waals surface area contributed by atoms with Crippen molar-refractivity contribution < 1.29 is 8.95 Å². The molecule has 0 bridgehead atoms. The Balaban J connectivity index is 1.44. The van der Waals surface area contributed by atoms with E-state index in [2.05, 4.69) is 71.0 Å². The molecule has 2 aliphatic heterocycles. The van der Waals surface area contributed by atoms with Gasteiger partial charge in [0.05, 0.1) is 13.2 Å². The number of nitrogens with one attached hydrogen (secondary N) is 1. The van der Waals surface area contributed by atoms with Crippen LogP contribution < -0.4 is 0 Å². The predicted molar refractivity (Wildman–Crippen MR) is 156 cm³/mol. The average molecular weight is 521 g/mol. The van der Waals surface area contributed by atoms with Crippen LogP contribution in [0.2, 0.25) is 0 Å². The van der Waals surface area contributed by atoms with Crippen LogP contribution in [-0.4, -0.2) is 70.4 Å². The van der Waals surface area contributed by atoms with Crippen molar-refractivity contribution >= 4 is 39.3 Å². The lowest BCUT2D eigenvalue weighted by molar-refractivity contribution is 0.174. The quantitative estimate of drug-likeness (QED) is 0.502. The monoisotopic (exact) mass is 520 g/mol. The van der Waals surface area contributed by atoms with Crippen molar-refractivity contribution in [3.8, 4) is 0 Å². The molecule has 3 unspecified atom stereocenters. The molecule has 2 aromatic rings. The predicted octanol–water partition coefficient (Wildman–Crippen LogP) is 5.80. The number of hydrogen-bond donors (Lipinski definition) is 1. The number of allylic oxidation sites excluding steroid dienone is 3. The summed E-state index contributed by atoms with van der Waals surface area (Å²) in [7, 11) is 0.974. The third kappa shape index (κ3) is 5.39. The molecular weight excluding hydrogens is 480 g/mol. The van der Waals surface area contributed by atoms with E-state index < -0.39 is 10.8 Å². The standard InChI is InChI=1S/C30H40N4O2S/c1-19(2)28-24-15-22(21-11-13-34(14-12-21)20(3)17-37(5)35)9-10-25(24)33-29(28)23-7-6-8-26-30(32-18-31-26)27(16-23)36-4/h7,9-10,15-16,18-21,26,33H,6,8,11-14,17H2,1-5H3/b23-7+,27-16+. The number of fused-ring (bicyclic) bond motifs is 2. The zero-order chi connectivity index (χ0) is 26.1. The lowest BCUT2D eigenvalue weighted by Gasteiger charge is -2.36. The maximum absolute atomic E-state index is 11.7. The first-order valence-electron chi connectivity index (χ1n) is 13.6. The molecule has 198 valence electrons. The van der Waals surface area contributed by atoms with Crippen molar-refractivity contribution in [3.63, 3.8) is 0 Å². The smallest absolute Gasteiger partial charge is 0.143 e. The van der Waals surface area contributed by atoms with E-state index in [1.54, 1.807) is 13.4 Å². The number of piperidine rings is 1. The van der Waals surface area contributed by atoms with Gasteiger partial charge in [-0.2, -0.15) is 0 Å². The van der Waals surface area contributed by atoms with E-state index in [1.807, 2.05) is 6.26 Å². The van der Waals surface area contributed by atoms with Crippen molar-refractivity contribution in [3.05, 3.63) is 52.9 Å². The molecule has 7 heteroatoms. The van der Waals surface area contributed by atoms with Gasteiger partial charge in [-0.05, 0) is 92.4 Å². The van der Waals surface area contributed by atoms with Crippen LogP contribution in [0, 0.1) is 0 Å². The summed E-state index contributed by atoms with van der Waals surface area (Å²) in [5.41, 5.74) is 7.28. The van der Waals surface area contributed by atoms with Gasteiger partial charge in [-0.3, -0.25) is 14.1 Å². The summed E-state index contributed by atoms with van der Waals surface area (Å²) in [5, 5.41) is 1.33. The molecule has 3 heterocycles. The van der Waals surface area contributed by atoms with Crippen molar-refractivity contribution in [2.24, 2.45) is 9.98 Å². The van der Waals surface area contributed by atoms with Gasteiger partial charge < -0.3 is 9.72 Å². The number of methoxy groups -OCH3 is 1. The molecular formula is C30H40N4O2S. The van der Waals surface area contributed by atoms with Crippen molar-refractivity contribution in [1.29, 1.82) is 0 Å². The first-order valence-corrected chi connectivity index (χ1v) is 15.3. The molecule has 0 amide bonds. The van der Waals surface area contributed by atoms with Gasteiger partial charge in [-0.15, -0.1) is 0 Å². The minimum absolute atomic E-state index is 0.0948. The van der Waals surface area contributed by atoms with Crippen LogP contribution in [0.1, 0.15) is 75.1 Å². The zero-order valence-electron chi connectivity index (χ0n) is 22.8. The van der Waals surface area contributed by atoms with Crippen LogP contribution >= 0.6 is 0 Å². The van der Waals surface area contributed by atoms with Gasteiger partial charge in [-0.1, -0.05) is 26.0 Å². The third-order valence-corrected chi connectivity index (χ3v) is 9.10. The molecule has 37 heavy (non-hydrogen) atoms. The number of rotatable bonds is 7. The molecule has 1 fully saturated rings. The highest BCUT2D eigenvalue weighted by atomic mass is 32.2. The van der Waals surface area contributed by atoms with E-state index in [-0.39, 0.29) is 6.04 Å². The van der Waals surface area contributed by atoms with Gasteiger partial charge in [0.2, 0.25) is 0 Å². The Hall–Kier alpha value is -2.51. The molecule has 1 saturated heterocycles. The van der Waals surface area contributed by atoms with Crippen LogP contribution in [0.5, 0.6) is 0 Å². The number of benzene rings is 1. The molecule has 1 aromatic heterocycles. The van der Waals surface area contributed by atoms with Gasteiger partial charge in [0, 0.05) is 45.4 Å². The third-order valence-electron chi connectivity index (χ3n) is 8.15. The van der Waals surface area contributed by atoms with Crippen LogP contribution in [0.4, 0.5) is 0 Å². The van der Waals surface area contributed by atoms with E-state index in [4.69, 9.17) is 4.74 Å². The Morgan fingerprint density at radius 1 is 1.19 bits per heavy atom. The van der Waals surface area contributed by atoms with E-state index in [9.17, 15) is 4.21 Å². The zero-order valence-corrected chi connectivity index (χ0v) is 23.6. The maximum atomic E-state index is 11.7. The number of H-pyrrole nitrogens is 1. The van der Waals surface area contributed by atoms with Gasteiger partial charge in [0.15, 0.2) is 0 Å². The summed E-state index contributed by atoms with van der Waals surface area (Å²) < 4.78 is 17.5. The van der Waals surface area contributed by atoms with Gasteiger partial charge in [0.1, 0.15) is 17.8 Å². The van der Waals surface area contributed by atoms with Crippen molar-refractivity contribution in [2.45, 2.75) is 70.4 Å². The molecule has 1 aliphatic carbocycles. The summed E-state index contributed by atoms with van der Waals surface area (Å²) in [6.07, 6.45) is 12.1. The SMILES string of the molecule is CO/C1=C/C(c2[nH]c3ccc(C4CCN(C(C)CS(C)=O)CC4)cc3c2C(C)C)=C\CCC2N=CN=C12. The first kappa shape index (κ1) is 26.1. The summed E-state index contributed by atoms with van der Waals surface area (Å²) in [5.74, 6) is 2.50. The van der Waals surface area contributed by atoms with Gasteiger partial charge in [-0.25, -0.2) is 4.99 Å². The Kier molecular flexibility index (Phi) is 7.82. The van der Waals surface area contributed by atoms with Gasteiger partial charge in [0.25, 0.3) is 0 Å². The van der Waals surface area contributed by atoms with Crippen molar-refractivity contribution in [2.75, 3.05) is 32.2 Å². The maximum Gasteiger partial charge on any atom is 0.143 e. The fourth-order valence-electron chi connectivity index (χ4n) is 6.21. The second-order valence-corrected chi connectivity index (χ2v) is 12.5. The summed E-state index contributed by atoms with van der Waals surface area (Å²) in [4.78, 5) is 15.3. The Bertz CT molecular complexity index is 1290. The molecule has 1 aromatic carbocycles. The molecule has 5 rings (SSSR count). The number of likely N-dealkylation sites (tertiary alicyclic amines) is 1. The minimum Gasteiger partial charge on any atom is -0.495 e. The Morgan fingerprint density at radius 2 is 1.97 bits per heavy atom. The topological polar surface area (TPSA) is 70.0 Å². The van der Waals surface area contributed by atoms with Crippen LogP contribution in [0.25, 0.3) is 16.5 Å². The molecule has 6 nitrogen and oxygen atoms in total. The lowest BCUT2D eigenvalue weighted by atomic mass is 9.87. The summed E-state index contributed by atoms with van der Waals surface area (Å²) in [6, 6.07) is 7.50. The Morgan fingerprint density at radius 3 is 2.68 bits per heavy atom. The fraction of sp³-hybridized carbons (Fsp3) is 0.533. The van der Waals surface area contributed by atoms with Crippen LogP contribution in [0.15, 0.2) is 46.1 Å². The first-order chi connectivity index (χ1) is 17.9. The lowest BCUT2D eigenvalue weighted by Crippen LogP contribution is -2.41. The molecule has 3 aliphatic rings. The molecule has 1 N–H and O–H groups in total. The molecule has 0 spiro atoms. The number of ether oxygens (including phenoxy) is 1. The van der Waals surface area contributed by atoms with Crippen molar-refractivity contribution in [1.82, 2.24) is 9.88 Å². The largest absolute Gasteiger partial charge is 0.495 e. The fourth-order valence-corrected chi connectivity index (χ4v) is 7.10. The highest BCUT2D eigenvalue weighted by Crippen LogP contribution is 2.38. The molecule has 0 radical (unpaired) electrons. The van der Waals surface area contributed by atoms with E-state index in [0.717, 1.165) is 56.0 Å². The molecule has 0 saturated carbocycles. The van der Waals surface area contributed by atoms with Crippen LogP contribution in [0.3, 0.4) is 0 Å². The van der Waals surface area contributed by atoms with Gasteiger partial charge >= 0.3 is 0 Å². The van der Waals surface area contributed by atoms with E-state index >= 15 is 0 Å². The normalized spacial score (nSPS) is 25.6. The second-order valence-electron chi connectivity index (χ2n) is 11.0. The minimum atomic E-state index is -0.746.